The summed E-state index contributed by atoms with van der Waals surface area (Å²) in [6, 6.07) is 12.3. The van der Waals surface area contributed by atoms with Gasteiger partial charge in [-0.25, -0.2) is 0 Å². The van der Waals surface area contributed by atoms with Crippen molar-refractivity contribution in [2.75, 3.05) is 45.3 Å². The van der Waals surface area contributed by atoms with Crippen LogP contribution >= 0.6 is 0 Å². The summed E-state index contributed by atoms with van der Waals surface area (Å²) in [5, 5.41) is 10.7. The van der Waals surface area contributed by atoms with Crippen LogP contribution in [-0.2, 0) is 17.6 Å². The summed E-state index contributed by atoms with van der Waals surface area (Å²) in [5.41, 5.74) is 12.9. The van der Waals surface area contributed by atoms with Gasteiger partial charge in [0.15, 0.2) is 0 Å². The molecule has 0 unspecified atom stereocenters. The van der Waals surface area contributed by atoms with Gasteiger partial charge in [-0.3, -0.25) is 5.10 Å². The van der Waals surface area contributed by atoms with Gasteiger partial charge in [-0.2, -0.15) is 5.10 Å². The first kappa shape index (κ1) is 21.8. The quantitative estimate of drug-likeness (QED) is 0.341. The van der Waals surface area contributed by atoms with E-state index in [2.05, 4.69) is 33.7 Å². The molecule has 0 atom stereocenters. The summed E-state index contributed by atoms with van der Waals surface area (Å²) in [6.45, 7) is 4.09. The number of benzene rings is 2. The summed E-state index contributed by atoms with van der Waals surface area (Å²) in [7, 11) is 0. The van der Waals surface area contributed by atoms with Crippen molar-refractivity contribution in [2.24, 2.45) is 0 Å². The van der Waals surface area contributed by atoms with Crippen LogP contribution < -0.4 is 20.5 Å². The Bertz CT molecular complexity index is 1080. The SMILES string of the molecule is Nc1ccc(C2CCNCC2)c(OCCOCCOc2ccc3c(c2)-c2[nH]ncc2CC3)c1. The number of nitrogens with one attached hydrogen (secondary N) is 2. The molecule has 1 aromatic heterocycles. The molecular formula is C26H32N4O3. The highest BCUT2D eigenvalue weighted by molar-refractivity contribution is 5.70. The predicted molar refractivity (Wildman–Crippen MR) is 129 cm³/mol. The van der Waals surface area contributed by atoms with Crippen molar-refractivity contribution in [1.29, 1.82) is 0 Å². The van der Waals surface area contributed by atoms with Crippen LogP contribution in [0.15, 0.2) is 42.6 Å². The number of aromatic nitrogens is 2. The second kappa shape index (κ2) is 10.3. The van der Waals surface area contributed by atoms with Crippen molar-refractivity contribution in [3.63, 3.8) is 0 Å². The summed E-state index contributed by atoms with van der Waals surface area (Å²) in [6.07, 6.45) is 6.24. The molecule has 0 amide bonds. The van der Waals surface area contributed by atoms with Gasteiger partial charge >= 0.3 is 0 Å². The van der Waals surface area contributed by atoms with Gasteiger partial charge in [0.2, 0.25) is 0 Å². The van der Waals surface area contributed by atoms with E-state index in [1.165, 1.54) is 22.3 Å². The molecule has 2 aliphatic rings. The molecule has 0 bridgehead atoms. The molecule has 1 aliphatic heterocycles. The molecule has 33 heavy (non-hydrogen) atoms. The van der Waals surface area contributed by atoms with E-state index in [0.29, 0.717) is 32.3 Å². The van der Waals surface area contributed by atoms with E-state index in [4.69, 9.17) is 19.9 Å². The van der Waals surface area contributed by atoms with Crippen molar-refractivity contribution in [1.82, 2.24) is 15.5 Å². The number of nitrogens with two attached hydrogens (primary N) is 1. The van der Waals surface area contributed by atoms with Crippen LogP contribution in [-0.4, -0.2) is 49.7 Å². The molecule has 1 saturated heterocycles. The van der Waals surface area contributed by atoms with Gasteiger partial charge in [-0.15, -0.1) is 0 Å². The van der Waals surface area contributed by atoms with Gasteiger partial charge in [0.05, 0.1) is 25.1 Å². The maximum atomic E-state index is 6.05. The van der Waals surface area contributed by atoms with Gasteiger partial charge in [-0.1, -0.05) is 12.1 Å². The lowest BCUT2D eigenvalue weighted by Crippen LogP contribution is -2.27. The minimum Gasteiger partial charge on any atom is -0.491 e. The van der Waals surface area contributed by atoms with E-state index in [1.54, 1.807) is 0 Å². The lowest BCUT2D eigenvalue weighted by Gasteiger charge is -2.25. The van der Waals surface area contributed by atoms with Gasteiger partial charge in [-0.05, 0) is 79.6 Å². The first-order valence-electron chi connectivity index (χ1n) is 11.9. The fraction of sp³-hybridized carbons (Fsp3) is 0.423. The van der Waals surface area contributed by atoms with Crippen LogP contribution in [0.3, 0.4) is 0 Å². The average molecular weight is 449 g/mol. The van der Waals surface area contributed by atoms with Crippen LogP contribution in [0.5, 0.6) is 11.5 Å². The molecule has 4 N–H and O–H groups in total. The molecule has 7 heteroatoms. The fourth-order valence-electron chi connectivity index (χ4n) is 4.78. The zero-order chi connectivity index (χ0) is 22.5. The fourth-order valence-corrected chi connectivity index (χ4v) is 4.78. The Labute approximate surface area is 194 Å². The first-order valence-corrected chi connectivity index (χ1v) is 11.9. The van der Waals surface area contributed by atoms with Crippen LogP contribution in [0.1, 0.15) is 35.4 Å². The van der Waals surface area contributed by atoms with Crippen molar-refractivity contribution in [3.8, 4) is 22.8 Å². The third-order valence-electron chi connectivity index (χ3n) is 6.53. The zero-order valence-corrected chi connectivity index (χ0v) is 18.9. The number of hydrogen-bond acceptors (Lipinski definition) is 6. The van der Waals surface area contributed by atoms with Gasteiger partial charge in [0.1, 0.15) is 24.7 Å². The molecule has 5 rings (SSSR count). The molecule has 0 radical (unpaired) electrons. The Balaban J connectivity index is 1.06. The molecule has 1 fully saturated rings. The topological polar surface area (TPSA) is 94.4 Å². The minimum atomic E-state index is 0.489. The summed E-state index contributed by atoms with van der Waals surface area (Å²) in [4.78, 5) is 0. The van der Waals surface area contributed by atoms with E-state index in [1.807, 2.05) is 24.4 Å². The number of anilines is 1. The molecule has 7 nitrogen and oxygen atoms in total. The minimum absolute atomic E-state index is 0.489. The third kappa shape index (κ3) is 5.15. The first-order chi connectivity index (χ1) is 16.3. The second-order valence-corrected chi connectivity index (χ2v) is 8.72. The number of aromatic amines is 1. The molecule has 2 heterocycles. The van der Waals surface area contributed by atoms with Crippen molar-refractivity contribution >= 4 is 5.69 Å². The van der Waals surface area contributed by atoms with Gasteiger partial charge in [0.25, 0.3) is 0 Å². The predicted octanol–water partition coefficient (Wildman–Crippen LogP) is 3.70. The number of aryl methyl sites for hydroxylation is 2. The molecule has 0 saturated carbocycles. The highest BCUT2D eigenvalue weighted by Gasteiger charge is 2.20. The normalized spacial score (nSPS) is 15.6. The van der Waals surface area contributed by atoms with Crippen molar-refractivity contribution in [2.45, 2.75) is 31.6 Å². The number of fused-ring (bicyclic) bond motifs is 3. The highest BCUT2D eigenvalue weighted by Crippen LogP contribution is 2.35. The standard InChI is InChI=1S/C26H32N4O3/c27-21-4-6-23(19-7-9-28-10-8-19)25(15-21)33-14-12-31-11-13-32-22-5-3-18-1-2-20-17-29-30-26(20)24(18)16-22/h3-6,15-17,19,28H,1-2,7-14,27H2,(H,29,30). The van der Waals surface area contributed by atoms with E-state index in [9.17, 15) is 0 Å². The summed E-state index contributed by atoms with van der Waals surface area (Å²) < 4.78 is 17.7. The Morgan fingerprint density at radius 1 is 0.909 bits per heavy atom. The number of hydrogen-bond donors (Lipinski definition) is 3. The smallest absolute Gasteiger partial charge is 0.124 e. The highest BCUT2D eigenvalue weighted by atomic mass is 16.5. The van der Waals surface area contributed by atoms with Crippen molar-refractivity contribution < 1.29 is 14.2 Å². The van der Waals surface area contributed by atoms with E-state index in [-0.39, 0.29) is 0 Å². The Morgan fingerprint density at radius 2 is 1.73 bits per heavy atom. The lowest BCUT2D eigenvalue weighted by atomic mass is 9.89. The van der Waals surface area contributed by atoms with E-state index < -0.39 is 0 Å². The van der Waals surface area contributed by atoms with Gasteiger partial charge in [0, 0.05) is 17.3 Å². The van der Waals surface area contributed by atoms with Crippen molar-refractivity contribution in [3.05, 3.63) is 59.3 Å². The summed E-state index contributed by atoms with van der Waals surface area (Å²) >= 11 is 0. The molecule has 0 spiro atoms. The largest absolute Gasteiger partial charge is 0.491 e. The average Bonchev–Trinajstić information content (AvgIpc) is 3.34. The number of H-pyrrole nitrogens is 1. The lowest BCUT2D eigenvalue weighted by molar-refractivity contribution is 0.0761. The van der Waals surface area contributed by atoms with Crippen LogP contribution in [0.25, 0.3) is 11.3 Å². The summed E-state index contributed by atoms with van der Waals surface area (Å²) in [5.74, 6) is 2.25. The third-order valence-corrected chi connectivity index (χ3v) is 6.53. The molecule has 174 valence electrons. The maximum absolute atomic E-state index is 6.05. The van der Waals surface area contributed by atoms with Crippen LogP contribution in [0.4, 0.5) is 5.69 Å². The maximum Gasteiger partial charge on any atom is 0.124 e. The number of piperidine rings is 1. The van der Waals surface area contributed by atoms with E-state index >= 15 is 0 Å². The Morgan fingerprint density at radius 3 is 2.61 bits per heavy atom. The molecule has 3 aromatic rings. The second-order valence-electron chi connectivity index (χ2n) is 8.72. The number of rotatable bonds is 9. The van der Waals surface area contributed by atoms with Crippen LogP contribution in [0, 0.1) is 0 Å². The molecular weight excluding hydrogens is 416 g/mol. The van der Waals surface area contributed by atoms with Crippen LogP contribution in [0.2, 0.25) is 0 Å². The van der Waals surface area contributed by atoms with E-state index in [0.717, 1.165) is 61.7 Å². The number of nitrogen functional groups attached to an aromatic ring is 1. The Kier molecular flexibility index (Phi) is 6.79. The Hall–Kier alpha value is -3.03. The zero-order valence-electron chi connectivity index (χ0n) is 18.9. The molecule has 2 aromatic carbocycles. The number of ether oxygens (including phenoxy) is 3. The number of nitrogens with zero attached hydrogens (tertiary/aromatic N) is 1. The monoisotopic (exact) mass is 448 g/mol. The molecule has 1 aliphatic carbocycles. The van der Waals surface area contributed by atoms with Gasteiger partial charge < -0.3 is 25.3 Å².